The standard InChI is InChI=1S/C20H27N3O/c1-15-8-6-7-9-18(15)20(24)21-14-19(23(4)5)16-10-12-17(13-11-16)22(2)3/h6-13,19H,14H2,1-5H3,(H,21,24)/p+1/t19-/m0/s1. The van der Waals surface area contributed by atoms with Gasteiger partial charge in [-0.2, -0.15) is 0 Å². The maximum atomic E-state index is 12.4. The Morgan fingerprint density at radius 3 is 2.25 bits per heavy atom. The number of quaternary nitrogens is 1. The third kappa shape index (κ3) is 4.36. The van der Waals surface area contributed by atoms with Gasteiger partial charge in [-0.05, 0) is 30.7 Å². The zero-order chi connectivity index (χ0) is 17.7. The van der Waals surface area contributed by atoms with Crippen LogP contribution in [0.15, 0.2) is 48.5 Å². The number of amides is 1. The van der Waals surface area contributed by atoms with Gasteiger partial charge in [-0.25, -0.2) is 0 Å². The summed E-state index contributed by atoms with van der Waals surface area (Å²) in [6, 6.07) is 16.4. The van der Waals surface area contributed by atoms with Crippen molar-refractivity contribution in [3.8, 4) is 0 Å². The molecule has 0 radical (unpaired) electrons. The quantitative estimate of drug-likeness (QED) is 0.847. The first-order chi connectivity index (χ1) is 11.4. The zero-order valence-corrected chi connectivity index (χ0v) is 15.3. The summed E-state index contributed by atoms with van der Waals surface area (Å²) in [5.41, 5.74) is 4.15. The molecule has 0 bridgehead atoms. The molecule has 0 aliphatic heterocycles. The lowest BCUT2D eigenvalue weighted by atomic mass is 10.0. The molecule has 4 nitrogen and oxygen atoms in total. The lowest BCUT2D eigenvalue weighted by Crippen LogP contribution is -3.07. The van der Waals surface area contributed by atoms with Gasteiger partial charge in [-0.3, -0.25) is 4.79 Å². The summed E-state index contributed by atoms with van der Waals surface area (Å²) in [6.07, 6.45) is 0. The second kappa shape index (κ2) is 7.97. The number of hydrogen-bond acceptors (Lipinski definition) is 2. The van der Waals surface area contributed by atoms with E-state index in [4.69, 9.17) is 0 Å². The molecule has 4 heteroatoms. The molecule has 24 heavy (non-hydrogen) atoms. The first-order valence-electron chi connectivity index (χ1n) is 8.31. The molecule has 2 rings (SSSR count). The summed E-state index contributed by atoms with van der Waals surface area (Å²) in [5.74, 6) is -0.00994. The molecular formula is C20H28N3O+. The number of aryl methyl sites for hydroxylation is 1. The van der Waals surface area contributed by atoms with Gasteiger partial charge in [-0.15, -0.1) is 0 Å². The van der Waals surface area contributed by atoms with Crippen molar-refractivity contribution >= 4 is 11.6 Å². The molecule has 0 heterocycles. The van der Waals surface area contributed by atoms with Crippen molar-refractivity contribution in [1.82, 2.24) is 5.32 Å². The van der Waals surface area contributed by atoms with Crippen LogP contribution in [0.5, 0.6) is 0 Å². The normalized spacial score (nSPS) is 12.1. The predicted molar refractivity (Wildman–Crippen MR) is 99.8 cm³/mol. The van der Waals surface area contributed by atoms with Gasteiger partial charge in [0.15, 0.2) is 0 Å². The number of likely N-dealkylation sites (N-methyl/N-ethyl adjacent to an activating group) is 1. The first-order valence-corrected chi connectivity index (χ1v) is 8.31. The Labute approximate surface area is 145 Å². The largest absolute Gasteiger partial charge is 0.378 e. The number of nitrogens with one attached hydrogen (secondary N) is 2. The van der Waals surface area contributed by atoms with Crippen LogP contribution in [0.2, 0.25) is 0 Å². The molecule has 0 aromatic heterocycles. The van der Waals surface area contributed by atoms with Crippen molar-refractivity contribution in [2.45, 2.75) is 13.0 Å². The number of anilines is 1. The highest BCUT2D eigenvalue weighted by Gasteiger charge is 2.19. The summed E-state index contributed by atoms with van der Waals surface area (Å²) in [5, 5.41) is 3.09. The fraction of sp³-hybridized carbons (Fsp3) is 0.350. The van der Waals surface area contributed by atoms with E-state index in [-0.39, 0.29) is 11.9 Å². The molecule has 2 aromatic carbocycles. The number of benzene rings is 2. The third-order valence-electron chi connectivity index (χ3n) is 4.37. The van der Waals surface area contributed by atoms with E-state index >= 15 is 0 Å². The van der Waals surface area contributed by atoms with Crippen LogP contribution in [0.3, 0.4) is 0 Å². The lowest BCUT2D eigenvalue weighted by Gasteiger charge is -2.23. The van der Waals surface area contributed by atoms with E-state index in [0.29, 0.717) is 6.54 Å². The Bertz CT molecular complexity index is 678. The predicted octanol–water partition coefficient (Wildman–Crippen LogP) is 1.68. The molecule has 1 amide bonds. The average Bonchev–Trinajstić information content (AvgIpc) is 2.55. The van der Waals surface area contributed by atoms with E-state index < -0.39 is 0 Å². The second-order valence-electron chi connectivity index (χ2n) is 6.64. The Kier molecular flexibility index (Phi) is 5.99. The van der Waals surface area contributed by atoms with Gasteiger partial charge in [0.2, 0.25) is 0 Å². The molecule has 2 N–H and O–H groups in total. The van der Waals surface area contributed by atoms with Crippen LogP contribution in [0.25, 0.3) is 0 Å². The smallest absolute Gasteiger partial charge is 0.251 e. The maximum Gasteiger partial charge on any atom is 0.251 e. The molecule has 0 spiro atoms. The monoisotopic (exact) mass is 326 g/mol. The van der Waals surface area contributed by atoms with Crippen LogP contribution in [-0.4, -0.2) is 40.6 Å². The van der Waals surface area contributed by atoms with E-state index in [1.54, 1.807) is 0 Å². The van der Waals surface area contributed by atoms with E-state index in [9.17, 15) is 4.79 Å². The Morgan fingerprint density at radius 1 is 1.08 bits per heavy atom. The minimum Gasteiger partial charge on any atom is -0.378 e. The minimum atomic E-state index is -0.00994. The molecular weight excluding hydrogens is 298 g/mol. The Morgan fingerprint density at radius 2 is 1.71 bits per heavy atom. The summed E-state index contributed by atoms with van der Waals surface area (Å²) in [6.45, 7) is 2.57. The minimum absolute atomic E-state index is 0.00994. The highest BCUT2D eigenvalue weighted by Crippen LogP contribution is 2.16. The number of hydrogen-bond donors (Lipinski definition) is 2. The number of carbonyl (C=O) groups excluding carboxylic acids is 1. The van der Waals surface area contributed by atoms with Gasteiger partial charge in [-0.1, -0.05) is 30.3 Å². The summed E-state index contributed by atoms with van der Waals surface area (Å²) in [4.78, 5) is 15.8. The van der Waals surface area contributed by atoms with E-state index in [1.807, 2.05) is 45.3 Å². The molecule has 0 saturated heterocycles. The van der Waals surface area contributed by atoms with Crippen LogP contribution < -0.4 is 15.1 Å². The highest BCUT2D eigenvalue weighted by molar-refractivity contribution is 5.95. The molecule has 2 aromatic rings. The van der Waals surface area contributed by atoms with Crippen LogP contribution >= 0.6 is 0 Å². The van der Waals surface area contributed by atoms with E-state index in [0.717, 1.165) is 11.1 Å². The van der Waals surface area contributed by atoms with Gasteiger partial charge in [0.25, 0.3) is 5.91 Å². The zero-order valence-electron chi connectivity index (χ0n) is 15.3. The topological polar surface area (TPSA) is 36.8 Å². The van der Waals surface area contributed by atoms with Gasteiger partial charge < -0.3 is 15.1 Å². The molecule has 1 atom stereocenters. The molecule has 0 unspecified atom stereocenters. The summed E-state index contributed by atoms with van der Waals surface area (Å²) in [7, 11) is 8.30. The van der Waals surface area contributed by atoms with E-state index in [1.165, 1.54) is 16.2 Å². The van der Waals surface area contributed by atoms with Crippen LogP contribution in [0, 0.1) is 6.92 Å². The van der Waals surface area contributed by atoms with Crippen molar-refractivity contribution in [2.24, 2.45) is 0 Å². The number of carbonyl (C=O) groups is 1. The van der Waals surface area contributed by atoms with Gasteiger partial charge >= 0.3 is 0 Å². The van der Waals surface area contributed by atoms with Crippen molar-refractivity contribution in [2.75, 3.05) is 39.6 Å². The Hall–Kier alpha value is -2.33. The van der Waals surface area contributed by atoms with Crippen molar-refractivity contribution < 1.29 is 9.69 Å². The average molecular weight is 326 g/mol. The lowest BCUT2D eigenvalue weighted by molar-refractivity contribution is -0.890. The van der Waals surface area contributed by atoms with Gasteiger partial charge in [0.05, 0.1) is 20.6 Å². The second-order valence-corrected chi connectivity index (χ2v) is 6.64. The number of rotatable bonds is 6. The Balaban J connectivity index is 2.09. The summed E-state index contributed by atoms with van der Waals surface area (Å²) >= 11 is 0. The highest BCUT2D eigenvalue weighted by atomic mass is 16.1. The third-order valence-corrected chi connectivity index (χ3v) is 4.37. The molecule has 128 valence electrons. The van der Waals surface area contributed by atoms with Crippen molar-refractivity contribution in [1.29, 1.82) is 0 Å². The van der Waals surface area contributed by atoms with Gasteiger partial charge in [0, 0.05) is 30.9 Å². The fourth-order valence-electron chi connectivity index (χ4n) is 2.78. The van der Waals surface area contributed by atoms with Crippen molar-refractivity contribution in [3.05, 3.63) is 65.2 Å². The van der Waals surface area contributed by atoms with Crippen LogP contribution in [0.4, 0.5) is 5.69 Å². The maximum absolute atomic E-state index is 12.4. The van der Waals surface area contributed by atoms with Crippen LogP contribution in [-0.2, 0) is 0 Å². The SMILES string of the molecule is Cc1ccccc1C(=O)NC[C@@H](c1ccc(N(C)C)cc1)[NH+](C)C. The molecule has 0 aliphatic carbocycles. The number of nitrogens with zero attached hydrogens (tertiary/aromatic N) is 1. The molecule has 0 aliphatic rings. The fourth-order valence-corrected chi connectivity index (χ4v) is 2.78. The first kappa shape index (κ1) is 18.0. The van der Waals surface area contributed by atoms with Crippen LogP contribution in [0.1, 0.15) is 27.5 Å². The van der Waals surface area contributed by atoms with E-state index in [2.05, 4.69) is 48.6 Å². The van der Waals surface area contributed by atoms with Crippen molar-refractivity contribution in [3.63, 3.8) is 0 Å². The molecule has 0 fully saturated rings. The molecule has 0 saturated carbocycles. The van der Waals surface area contributed by atoms with Gasteiger partial charge in [0.1, 0.15) is 6.04 Å². The summed E-state index contributed by atoms with van der Waals surface area (Å²) < 4.78 is 0.